The Morgan fingerprint density at radius 3 is 2.26 bits per heavy atom. The van der Waals surface area contributed by atoms with Gasteiger partial charge < -0.3 is 0 Å². The van der Waals surface area contributed by atoms with Gasteiger partial charge in [-0.05, 0) is 24.6 Å². The molecule has 2 rings (SSSR count). The van der Waals surface area contributed by atoms with Crippen LogP contribution < -0.4 is 0 Å². The van der Waals surface area contributed by atoms with Crippen molar-refractivity contribution in [1.82, 2.24) is 9.78 Å². The molecule has 7 heteroatoms. The van der Waals surface area contributed by atoms with Gasteiger partial charge >= 0.3 is 6.18 Å². The summed E-state index contributed by atoms with van der Waals surface area (Å²) in [5.41, 5.74) is -2.15. The van der Waals surface area contributed by atoms with Gasteiger partial charge in [0.1, 0.15) is 11.6 Å². The summed E-state index contributed by atoms with van der Waals surface area (Å²) in [6.07, 6.45) is -3.72. The number of benzene rings is 1. The van der Waals surface area contributed by atoms with Crippen LogP contribution in [0.4, 0.5) is 22.0 Å². The molecule has 0 amide bonds. The van der Waals surface area contributed by atoms with Gasteiger partial charge in [-0.15, -0.1) is 0 Å². The summed E-state index contributed by atoms with van der Waals surface area (Å²) >= 11 is 0. The van der Waals surface area contributed by atoms with Crippen molar-refractivity contribution >= 4 is 0 Å². The van der Waals surface area contributed by atoms with Gasteiger partial charge in [-0.3, -0.25) is 4.68 Å². The first-order chi connectivity index (χ1) is 8.70. The Labute approximate surface area is 105 Å². The molecule has 0 aliphatic rings. The Bertz CT molecular complexity index is 628. The number of hydrogen-bond donors (Lipinski definition) is 0. The first-order valence-electron chi connectivity index (χ1n) is 5.27. The van der Waals surface area contributed by atoms with Gasteiger partial charge in [-0.1, -0.05) is 0 Å². The highest BCUT2D eigenvalue weighted by Gasteiger charge is 2.38. The summed E-state index contributed by atoms with van der Waals surface area (Å²) in [6, 6.07) is 1.61. The predicted molar refractivity (Wildman–Crippen MR) is 58.3 cm³/mol. The van der Waals surface area contributed by atoms with Crippen LogP contribution in [0.2, 0.25) is 0 Å². The third kappa shape index (κ3) is 2.45. The fourth-order valence-corrected chi connectivity index (χ4v) is 1.75. The Balaban J connectivity index is 2.69. The SMILES string of the molecule is Cc1cc(F)c(-c2cn(C)nc2C(F)(F)F)cc1F. The second-order valence-corrected chi connectivity index (χ2v) is 4.14. The molecule has 0 aliphatic carbocycles. The van der Waals surface area contributed by atoms with Crippen LogP contribution >= 0.6 is 0 Å². The lowest BCUT2D eigenvalue weighted by molar-refractivity contribution is -0.140. The van der Waals surface area contributed by atoms with E-state index in [1.54, 1.807) is 0 Å². The zero-order valence-electron chi connectivity index (χ0n) is 10.0. The van der Waals surface area contributed by atoms with Crippen LogP contribution in [0.1, 0.15) is 11.3 Å². The molecular formula is C12H9F5N2. The van der Waals surface area contributed by atoms with Crippen molar-refractivity contribution in [3.05, 3.63) is 41.2 Å². The van der Waals surface area contributed by atoms with E-state index < -0.39 is 34.6 Å². The van der Waals surface area contributed by atoms with E-state index in [2.05, 4.69) is 5.10 Å². The van der Waals surface area contributed by atoms with E-state index in [1.807, 2.05) is 0 Å². The number of alkyl halides is 3. The topological polar surface area (TPSA) is 17.8 Å². The molecule has 1 heterocycles. The average molecular weight is 276 g/mol. The van der Waals surface area contributed by atoms with Crippen LogP contribution in [-0.4, -0.2) is 9.78 Å². The largest absolute Gasteiger partial charge is 0.435 e. The molecule has 0 spiro atoms. The quantitative estimate of drug-likeness (QED) is 0.726. The van der Waals surface area contributed by atoms with Crippen molar-refractivity contribution in [1.29, 1.82) is 0 Å². The molecule has 19 heavy (non-hydrogen) atoms. The van der Waals surface area contributed by atoms with E-state index in [9.17, 15) is 22.0 Å². The van der Waals surface area contributed by atoms with Crippen LogP contribution in [0, 0.1) is 18.6 Å². The van der Waals surface area contributed by atoms with Crippen molar-refractivity contribution in [3.8, 4) is 11.1 Å². The van der Waals surface area contributed by atoms with Crippen molar-refractivity contribution in [3.63, 3.8) is 0 Å². The van der Waals surface area contributed by atoms with E-state index in [-0.39, 0.29) is 5.56 Å². The third-order valence-corrected chi connectivity index (χ3v) is 2.64. The highest BCUT2D eigenvalue weighted by molar-refractivity contribution is 5.67. The Morgan fingerprint density at radius 1 is 1.05 bits per heavy atom. The van der Waals surface area contributed by atoms with E-state index in [0.717, 1.165) is 23.0 Å². The number of hydrogen-bond acceptors (Lipinski definition) is 1. The fraction of sp³-hybridized carbons (Fsp3) is 0.250. The summed E-state index contributed by atoms with van der Waals surface area (Å²) in [7, 11) is 1.28. The molecule has 1 aromatic heterocycles. The summed E-state index contributed by atoms with van der Waals surface area (Å²) < 4.78 is 66.3. The zero-order chi connectivity index (χ0) is 14.4. The Hall–Kier alpha value is -1.92. The first-order valence-corrected chi connectivity index (χ1v) is 5.27. The Kier molecular flexibility index (Phi) is 3.07. The molecule has 0 fully saturated rings. The minimum atomic E-state index is -4.73. The third-order valence-electron chi connectivity index (χ3n) is 2.64. The van der Waals surface area contributed by atoms with Crippen LogP contribution in [0.3, 0.4) is 0 Å². The molecule has 2 aromatic rings. The van der Waals surface area contributed by atoms with E-state index >= 15 is 0 Å². The first kappa shape index (κ1) is 13.5. The number of rotatable bonds is 1. The number of nitrogens with zero attached hydrogens (tertiary/aromatic N) is 2. The molecule has 0 aliphatic heterocycles. The second-order valence-electron chi connectivity index (χ2n) is 4.14. The summed E-state index contributed by atoms with van der Waals surface area (Å²) in [5, 5.41) is 3.25. The molecule has 0 saturated heterocycles. The monoisotopic (exact) mass is 276 g/mol. The van der Waals surface area contributed by atoms with Gasteiger partial charge in [0, 0.05) is 24.4 Å². The van der Waals surface area contributed by atoms with E-state index in [4.69, 9.17) is 0 Å². The standard InChI is InChI=1S/C12H9F5N2/c1-6-3-10(14)7(4-9(6)13)8-5-19(2)18-11(8)12(15,16)17/h3-5H,1-2H3. The van der Waals surface area contributed by atoms with Crippen LogP contribution in [0.15, 0.2) is 18.3 Å². The Morgan fingerprint density at radius 2 is 1.68 bits per heavy atom. The van der Waals surface area contributed by atoms with Crippen molar-refractivity contribution < 1.29 is 22.0 Å². The molecule has 1 aromatic carbocycles. The summed E-state index contributed by atoms with van der Waals surface area (Å²) in [6.45, 7) is 1.33. The second kappa shape index (κ2) is 4.32. The lowest BCUT2D eigenvalue weighted by Crippen LogP contribution is -2.08. The van der Waals surface area contributed by atoms with Gasteiger partial charge in [-0.25, -0.2) is 8.78 Å². The van der Waals surface area contributed by atoms with Crippen molar-refractivity contribution in [2.75, 3.05) is 0 Å². The van der Waals surface area contributed by atoms with E-state index in [0.29, 0.717) is 0 Å². The maximum atomic E-state index is 13.7. The molecule has 0 unspecified atom stereocenters. The van der Waals surface area contributed by atoms with E-state index in [1.165, 1.54) is 14.0 Å². The smallest absolute Gasteiger partial charge is 0.275 e. The van der Waals surface area contributed by atoms with Gasteiger partial charge in [0.15, 0.2) is 5.69 Å². The van der Waals surface area contributed by atoms with Crippen LogP contribution in [-0.2, 0) is 13.2 Å². The molecule has 102 valence electrons. The van der Waals surface area contributed by atoms with Gasteiger partial charge in [0.05, 0.1) is 0 Å². The predicted octanol–water partition coefficient (Wildman–Crippen LogP) is 3.69. The molecule has 0 N–H and O–H groups in total. The lowest BCUT2D eigenvalue weighted by Gasteiger charge is -2.08. The lowest BCUT2D eigenvalue weighted by atomic mass is 10.0. The van der Waals surface area contributed by atoms with Gasteiger partial charge in [0.25, 0.3) is 0 Å². The van der Waals surface area contributed by atoms with Crippen molar-refractivity contribution in [2.24, 2.45) is 7.05 Å². The van der Waals surface area contributed by atoms with Gasteiger partial charge in [0.2, 0.25) is 0 Å². The molecule has 0 atom stereocenters. The number of aryl methyl sites for hydroxylation is 2. The molecule has 0 radical (unpaired) electrons. The summed E-state index contributed by atoms with van der Waals surface area (Å²) in [4.78, 5) is 0. The van der Waals surface area contributed by atoms with Crippen LogP contribution in [0.25, 0.3) is 11.1 Å². The zero-order valence-corrected chi connectivity index (χ0v) is 10.0. The average Bonchev–Trinajstić information content (AvgIpc) is 2.65. The maximum Gasteiger partial charge on any atom is 0.435 e. The number of halogens is 5. The normalized spacial score (nSPS) is 11.9. The summed E-state index contributed by atoms with van der Waals surface area (Å²) in [5.74, 6) is -1.69. The molecule has 0 saturated carbocycles. The minimum Gasteiger partial charge on any atom is -0.275 e. The highest BCUT2D eigenvalue weighted by Crippen LogP contribution is 2.37. The minimum absolute atomic E-state index is 0.0266. The maximum absolute atomic E-state index is 13.7. The van der Waals surface area contributed by atoms with Gasteiger partial charge in [-0.2, -0.15) is 18.3 Å². The number of aromatic nitrogens is 2. The van der Waals surface area contributed by atoms with Crippen molar-refractivity contribution in [2.45, 2.75) is 13.1 Å². The molecular weight excluding hydrogens is 267 g/mol. The highest BCUT2D eigenvalue weighted by atomic mass is 19.4. The molecule has 0 bridgehead atoms. The van der Waals surface area contributed by atoms with Crippen LogP contribution in [0.5, 0.6) is 0 Å². The fourth-order valence-electron chi connectivity index (χ4n) is 1.75. The molecule has 2 nitrogen and oxygen atoms in total.